The molecule has 7 heteroatoms. The number of carbonyl (C=O) groups excluding carboxylic acids is 1. The van der Waals surface area contributed by atoms with E-state index in [0.717, 1.165) is 11.4 Å². The second-order valence-electron chi connectivity index (χ2n) is 6.45. The van der Waals surface area contributed by atoms with E-state index >= 15 is 0 Å². The highest BCUT2D eigenvalue weighted by atomic mass is 32.2. The predicted octanol–water partition coefficient (Wildman–Crippen LogP) is 3.02. The molecule has 0 aliphatic carbocycles. The van der Waals surface area contributed by atoms with Gasteiger partial charge in [-0.3, -0.25) is 4.79 Å². The molecule has 25 heavy (non-hydrogen) atoms. The summed E-state index contributed by atoms with van der Waals surface area (Å²) in [6.45, 7) is 7.37. The molecule has 132 valence electrons. The van der Waals surface area contributed by atoms with Gasteiger partial charge in [0.2, 0.25) is 5.91 Å². The van der Waals surface area contributed by atoms with Crippen molar-refractivity contribution in [3.63, 3.8) is 0 Å². The smallest absolute Gasteiger partial charge is 0.234 e. The lowest BCUT2D eigenvalue weighted by molar-refractivity contribution is -0.121. The second kappa shape index (κ2) is 7.70. The fraction of sp³-hybridized carbons (Fsp3) is 0.444. The van der Waals surface area contributed by atoms with Crippen molar-refractivity contribution in [2.24, 2.45) is 13.0 Å². The van der Waals surface area contributed by atoms with Gasteiger partial charge < -0.3 is 9.88 Å². The van der Waals surface area contributed by atoms with Gasteiger partial charge in [0.1, 0.15) is 5.54 Å². The summed E-state index contributed by atoms with van der Waals surface area (Å²) in [5, 5.41) is 20.9. The Balaban J connectivity index is 2.11. The number of aromatic nitrogens is 3. The van der Waals surface area contributed by atoms with E-state index in [4.69, 9.17) is 0 Å². The van der Waals surface area contributed by atoms with Crippen molar-refractivity contribution in [1.82, 2.24) is 20.1 Å². The van der Waals surface area contributed by atoms with Crippen molar-refractivity contribution in [2.75, 3.05) is 0 Å². The summed E-state index contributed by atoms with van der Waals surface area (Å²) in [6, 6.07) is 12.0. The molecule has 0 unspecified atom stereocenters. The molecule has 0 saturated heterocycles. The summed E-state index contributed by atoms with van der Waals surface area (Å²) in [5.41, 5.74) is 0.0828. The van der Waals surface area contributed by atoms with Gasteiger partial charge in [0.15, 0.2) is 11.0 Å². The molecule has 0 radical (unpaired) electrons. The third-order valence-corrected chi connectivity index (χ3v) is 5.42. The van der Waals surface area contributed by atoms with Gasteiger partial charge in [0, 0.05) is 12.6 Å². The van der Waals surface area contributed by atoms with Crippen LogP contribution in [0.4, 0.5) is 0 Å². The number of carbonyl (C=O) groups is 1. The van der Waals surface area contributed by atoms with Gasteiger partial charge in [-0.1, -0.05) is 55.9 Å². The van der Waals surface area contributed by atoms with E-state index in [9.17, 15) is 10.1 Å². The highest BCUT2D eigenvalue weighted by Gasteiger charge is 2.32. The number of hydrogen-bond acceptors (Lipinski definition) is 5. The minimum atomic E-state index is -0.888. The lowest BCUT2D eigenvalue weighted by Gasteiger charge is -2.28. The highest BCUT2D eigenvalue weighted by molar-refractivity contribution is 8.00. The van der Waals surface area contributed by atoms with Gasteiger partial charge in [0.25, 0.3) is 0 Å². The molecule has 0 bridgehead atoms. The molecule has 2 rings (SSSR count). The van der Waals surface area contributed by atoms with E-state index in [-0.39, 0.29) is 11.8 Å². The molecule has 2 aromatic rings. The van der Waals surface area contributed by atoms with Crippen molar-refractivity contribution in [2.45, 2.75) is 43.6 Å². The minimum Gasteiger partial charge on any atom is -0.337 e. The lowest BCUT2D eigenvalue weighted by Crippen LogP contribution is -2.51. The molecule has 0 aliphatic rings. The van der Waals surface area contributed by atoms with Crippen LogP contribution in [0.15, 0.2) is 35.5 Å². The van der Waals surface area contributed by atoms with Crippen molar-refractivity contribution in [3.05, 3.63) is 30.3 Å². The Kier molecular flexibility index (Phi) is 5.85. The van der Waals surface area contributed by atoms with E-state index in [1.54, 1.807) is 13.8 Å². The van der Waals surface area contributed by atoms with E-state index < -0.39 is 10.8 Å². The Morgan fingerprint density at radius 2 is 1.92 bits per heavy atom. The van der Waals surface area contributed by atoms with Gasteiger partial charge in [-0.15, -0.1) is 10.2 Å². The number of amides is 1. The van der Waals surface area contributed by atoms with E-state index in [2.05, 4.69) is 21.6 Å². The zero-order chi connectivity index (χ0) is 18.6. The average molecular weight is 357 g/mol. The summed E-state index contributed by atoms with van der Waals surface area (Å²) in [4.78, 5) is 12.5. The van der Waals surface area contributed by atoms with E-state index in [1.165, 1.54) is 11.8 Å². The van der Waals surface area contributed by atoms with Crippen molar-refractivity contribution in [1.29, 1.82) is 5.26 Å². The molecule has 2 atom stereocenters. The number of nitrogens with zero attached hydrogens (tertiary/aromatic N) is 4. The Hall–Kier alpha value is -2.33. The molecular formula is C18H23N5OS. The molecule has 0 fully saturated rings. The van der Waals surface area contributed by atoms with Gasteiger partial charge >= 0.3 is 0 Å². The first-order valence-electron chi connectivity index (χ1n) is 8.13. The number of nitriles is 1. The molecule has 1 heterocycles. The van der Waals surface area contributed by atoms with Crippen LogP contribution >= 0.6 is 11.8 Å². The van der Waals surface area contributed by atoms with Crippen LogP contribution in [0, 0.1) is 17.2 Å². The lowest BCUT2D eigenvalue weighted by atomic mass is 9.90. The second-order valence-corrected chi connectivity index (χ2v) is 7.76. The van der Waals surface area contributed by atoms with Crippen LogP contribution in [0.25, 0.3) is 11.4 Å². The summed E-state index contributed by atoms with van der Waals surface area (Å²) in [5.74, 6) is 0.574. The van der Waals surface area contributed by atoms with Crippen LogP contribution in [0.3, 0.4) is 0 Å². The van der Waals surface area contributed by atoms with Crippen molar-refractivity contribution >= 4 is 17.7 Å². The summed E-state index contributed by atoms with van der Waals surface area (Å²) in [7, 11) is 1.88. The number of nitrogens with one attached hydrogen (secondary N) is 1. The minimum absolute atomic E-state index is 0.0122. The van der Waals surface area contributed by atoms with E-state index in [1.807, 2.05) is 55.8 Å². The van der Waals surface area contributed by atoms with E-state index in [0.29, 0.717) is 5.16 Å². The SMILES string of the molecule is CC(C)[C@](C)(C#N)NC(=O)[C@@H](C)Sc1nnc(-c2ccccc2)n1C. The molecule has 1 N–H and O–H groups in total. The predicted molar refractivity (Wildman–Crippen MR) is 98.8 cm³/mol. The third-order valence-electron chi connectivity index (χ3n) is 4.29. The van der Waals surface area contributed by atoms with Crippen LogP contribution in [0.1, 0.15) is 27.7 Å². The standard InChI is InChI=1S/C18H23N5OS/c1-12(2)18(4,11-19)20-16(24)13(3)25-17-22-21-15(23(17)5)14-9-7-6-8-10-14/h6-10,12-13H,1-5H3,(H,20,24)/t13-,18+/m1/s1. The zero-order valence-corrected chi connectivity index (χ0v) is 16.0. The number of benzene rings is 1. The largest absolute Gasteiger partial charge is 0.337 e. The quantitative estimate of drug-likeness (QED) is 0.804. The molecule has 0 saturated carbocycles. The monoisotopic (exact) mass is 357 g/mol. The van der Waals surface area contributed by atoms with Crippen LogP contribution < -0.4 is 5.32 Å². The molecule has 6 nitrogen and oxygen atoms in total. The van der Waals surface area contributed by atoms with Gasteiger partial charge in [0.05, 0.1) is 11.3 Å². The maximum absolute atomic E-state index is 12.5. The third kappa shape index (κ3) is 4.20. The summed E-state index contributed by atoms with van der Waals surface area (Å²) in [6.07, 6.45) is 0. The zero-order valence-electron chi connectivity index (χ0n) is 15.1. The van der Waals surface area contributed by atoms with Crippen LogP contribution in [-0.2, 0) is 11.8 Å². The number of thioether (sulfide) groups is 1. The Morgan fingerprint density at radius 1 is 1.28 bits per heavy atom. The normalized spacial score (nSPS) is 14.6. The first-order chi connectivity index (χ1) is 11.8. The maximum Gasteiger partial charge on any atom is 0.234 e. The first kappa shape index (κ1) is 19.0. The van der Waals surface area contributed by atoms with Crippen molar-refractivity contribution < 1.29 is 4.79 Å². The number of rotatable bonds is 6. The summed E-state index contributed by atoms with van der Waals surface area (Å²) < 4.78 is 1.87. The summed E-state index contributed by atoms with van der Waals surface area (Å²) >= 11 is 1.32. The maximum atomic E-state index is 12.5. The van der Waals surface area contributed by atoms with Crippen LogP contribution in [-0.4, -0.2) is 31.5 Å². The molecule has 0 aliphatic heterocycles. The fourth-order valence-electron chi connectivity index (χ4n) is 2.13. The first-order valence-corrected chi connectivity index (χ1v) is 9.01. The van der Waals surface area contributed by atoms with Crippen LogP contribution in [0.5, 0.6) is 0 Å². The molecule has 0 spiro atoms. The molecule has 1 aromatic heterocycles. The topological polar surface area (TPSA) is 83.6 Å². The number of hydrogen-bond donors (Lipinski definition) is 1. The molecular weight excluding hydrogens is 334 g/mol. The molecule has 1 amide bonds. The Morgan fingerprint density at radius 3 is 2.48 bits per heavy atom. The van der Waals surface area contributed by atoms with Gasteiger partial charge in [-0.25, -0.2) is 0 Å². The Bertz CT molecular complexity index is 781. The van der Waals surface area contributed by atoms with Gasteiger partial charge in [-0.2, -0.15) is 5.26 Å². The Labute approximate surface area is 152 Å². The highest BCUT2D eigenvalue weighted by Crippen LogP contribution is 2.26. The fourth-order valence-corrected chi connectivity index (χ4v) is 2.94. The van der Waals surface area contributed by atoms with Gasteiger partial charge in [-0.05, 0) is 19.8 Å². The van der Waals surface area contributed by atoms with Crippen molar-refractivity contribution in [3.8, 4) is 17.5 Å². The van der Waals surface area contributed by atoms with Crippen LogP contribution in [0.2, 0.25) is 0 Å². The molecule has 1 aromatic carbocycles. The average Bonchev–Trinajstić information content (AvgIpc) is 2.96.